The maximum Gasteiger partial charge on any atom is 0.427 e. The van der Waals surface area contributed by atoms with Crippen LogP contribution in [-0.4, -0.2) is 65.3 Å². The zero-order valence-electron chi connectivity index (χ0n) is 26.1. The number of nitrogens with zero attached hydrogens (tertiary/aromatic N) is 2. The van der Waals surface area contributed by atoms with E-state index in [2.05, 4.69) is 37.9 Å². The zero-order chi connectivity index (χ0) is 30.8. The van der Waals surface area contributed by atoms with Crippen LogP contribution >= 0.6 is 0 Å². The second-order valence-electron chi connectivity index (χ2n) is 12.4. The summed E-state index contributed by atoms with van der Waals surface area (Å²) in [7, 11) is 0. The summed E-state index contributed by atoms with van der Waals surface area (Å²) >= 11 is 0. The molecule has 2 heterocycles. The molecule has 5 rings (SSSR count). The molecule has 6 N–H and O–H groups in total. The number of amidine groups is 1. The second-order valence-corrected chi connectivity index (χ2v) is 12.4. The topological polar surface area (TPSA) is 141 Å². The number of nitrogen functional groups attached to an aromatic ring is 1. The van der Waals surface area contributed by atoms with Crippen LogP contribution < -0.4 is 21.2 Å². The summed E-state index contributed by atoms with van der Waals surface area (Å²) in [6.45, 7) is 5.73. The molecule has 44 heavy (non-hydrogen) atoms. The number of nitrogens with two attached hydrogens (primary N) is 1. The minimum absolute atomic E-state index is 0.0792. The first-order valence-corrected chi connectivity index (χ1v) is 16.4. The fourth-order valence-electron chi connectivity index (χ4n) is 6.72. The Bertz CT molecular complexity index is 1370. The highest BCUT2D eigenvalue weighted by molar-refractivity contribution is 5.94. The molecule has 1 saturated carbocycles. The van der Waals surface area contributed by atoms with E-state index in [9.17, 15) is 4.79 Å². The summed E-state index contributed by atoms with van der Waals surface area (Å²) in [5.41, 5.74) is 12.2. The lowest BCUT2D eigenvalue weighted by atomic mass is 9.78. The van der Waals surface area contributed by atoms with Crippen molar-refractivity contribution in [1.29, 1.82) is 5.41 Å². The molecular weight excluding hydrogens is 554 g/mol. The summed E-state index contributed by atoms with van der Waals surface area (Å²) < 4.78 is 11.3. The molecule has 3 aromatic rings. The third-order valence-electron chi connectivity index (χ3n) is 9.27. The number of aromatic amines is 1. The van der Waals surface area contributed by atoms with Crippen LogP contribution in [0, 0.1) is 11.3 Å². The van der Waals surface area contributed by atoms with Gasteiger partial charge in [0.25, 0.3) is 0 Å². The number of piperazine rings is 1. The summed E-state index contributed by atoms with van der Waals surface area (Å²) in [5.74, 6) is 2.21. The van der Waals surface area contributed by atoms with Crippen LogP contribution in [0.15, 0.2) is 42.5 Å². The smallest absolute Gasteiger partial charge is 0.409 e. The quantitative estimate of drug-likeness (QED) is 0.0936. The van der Waals surface area contributed by atoms with Gasteiger partial charge in [0.05, 0.1) is 16.6 Å². The van der Waals surface area contributed by atoms with Gasteiger partial charge in [-0.05, 0) is 62.6 Å². The Kier molecular flexibility index (Phi) is 11.3. The van der Waals surface area contributed by atoms with Crippen molar-refractivity contribution in [1.82, 2.24) is 25.7 Å². The van der Waals surface area contributed by atoms with Crippen molar-refractivity contribution < 1.29 is 14.3 Å². The number of nitrogens with one attached hydrogen (secondary N) is 4. The van der Waals surface area contributed by atoms with E-state index in [1.165, 1.54) is 37.7 Å². The highest BCUT2D eigenvalue weighted by Crippen LogP contribution is 2.34. The molecule has 0 spiro atoms. The standard InChI is InChI=1S/C34H49N7O3/c1-2-43-22-6-9-31-38-29-15-14-28(23-30(29)39-31)44-33(42)40-41-21-20-37-24-34(41,18-16-25-7-4-3-5-8-25)19-17-26-10-12-27(13-11-26)32(35)36/h10-15,23,25,37H,2-9,16-22,24H2,1H3,(H3,35,36)(H,38,39)(H,40,42). The minimum Gasteiger partial charge on any atom is -0.409 e. The number of hydrogen-bond donors (Lipinski definition) is 5. The van der Waals surface area contributed by atoms with Crippen LogP contribution in [0.4, 0.5) is 4.79 Å². The third kappa shape index (κ3) is 8.58. The van der Waals surface area contributed by atoms with E-state index in [0.717, 1.165) is 80.0 Å². The first-order chi connectivity index (χ1) is 21.4. The Morgan fingerprint density at radius 3 is 2.73 bits per heavy atom. The Labute approximate surface area is 260 Å². The van der Waals surface area contributed by atoms with Gasteiger partial charge < -0.3 is 25.5 Å². The molecule has 2 fully saturated rings. The Balaban J connectivity index is 1.26. The van der Waals surface area contributed by atoms with Gasteiger partial charge in [-0.25, -0.2) is 14.8 Å². The average molecular weight is 604 g/mol. The number of rotatable bonds is 14. The van der Waals surface area contributed by atoms with Gasteiger partial charge in [-0.15, -0.1) is 0 Å². The van der Waals surface area contributed by atoms with Gasteiger partial charge in [-0.3, -0.25) is 10.8 Å². The van der Waals surface area contributed by atoms with Crippen LogP contribution in [0.25, 0.3) is 11.0 Å². The molecule has 0 radical (unpaired) electrons. The number of aromatic nitrogens is 2. The number of hydrogen-bond acceptors (Lipinski definition) is 7. The zero-order valence-corrected chi connectivity index (χ0v) is 26.1. The summed E-state index contributed by atoms with van der Waals surface area (Å²) in [5, 5.41) is 13.5. The molecule has 1 aliphatic carbocycles. The second kappa shape index (κ2) is 15.5. The number of amides is 1. The number of benzene rings is 2. The van der Waals surface area contributed by atoms with Crippen molar-refractivity contribution >= 4 is 23.0 Å². The van der Waals surface area contributed by atoms with Gasteiger partial charge in [0.15, 0.2) is 0 Å². The summed E-state index contributed by atoms with van der Waals surface area (Å²) in [6, 6.07) is 13.5. The molecule has 10 nitrogen and oxygen atoms in total. The molecule has 1 amide bonds. The van der Waals surface area contributed by atoms with Gasteiger partial charge in [-0.1, -0.05) is 56.4 Å². The number of carbonyl (C=O) groups excluding carboxylic acids is 1. The van der Waals surface area contributed by atoms with Gasteiger partial charge in [0.2, 0.25) is 0 Å². The fraction of sp³-hybridized carbons (Fsp3) is 0.559. The predicted octanol–water partition coefficient (Wildman–Crippen LogP) is 5.46. The average Bonchev–Trinajstić information content (AvgIpc) is 3.45. The maximum atomic E-state index is 13.3. The monoisotopic (exact) mass is 603 g/mol. The third-order valence-corrected chi connectivity index (χ3v) is 9.27. The molecule has 0 bridgehead atoms. The molecule has 1 aliphatic heterocycles. The molecule has 238 valence electrons. The molecule has 1 unspecified atom stereocenters. The fourth-order valence-corrected chi connectivity index (χ4v) is 6.72. The van der Waals surface area contributed by atoms with E-state index in [1.54, 1.807) is 6.07 Å². The number of imidazole rings is 1. The number of H-pyrrole nitrogens is 1. The van der Waals surface area contributed by atoms with E-state index in [-0.39, 0.29) is 11.4 Å². The number of carbonyl (C=O) groups is 1. The molecule has 1 saturated heterocycles. The van der Waals surface area contributed by atoms with E-state index < -0.39 is 6.09 Å². The maximum absolute atomic E-state index is 13.3. The van der Waals surface area contributed by atoms with Crippen molar-refractivity contribution in [2.75, 3.05) is 32.8 Å². The lowest BCUT2D eigenvalue weighted by molar-refractivity contribution is -0.00103. The van der Waals surface area contributed by atoms with Crippen LogP contribution in [0.1, 0.15) is 81.7 Å². The highest BCUT2D eigenvalue weighted by atomic mass is 16.6. The number of ether oxygens (including phenoxy) is 2. The Hall–Kier alpha value is -3.47. The minimum atomic E-state index is -0.476. The van der Waals surface area contributed by atoms with Gasteiger partial charge in [0, 0.05) is 50.9 Å². The van der Waals surface area contributed by atoms with Crippen molar-refractivity contribution in [3.63, 3.8) is 0 Å². The van der Waals surface area contributed by atoms with E-state index in [0.29, 0.717) is 25.5 Å². The normalized spacial score (nSPS) is 19.7. The molecule has 1 atom stereocenters. The lowest BCUT2D eigenvalue weighted by Crippen LogP contribution is -2.67. The van der Waals surface area contributed by atoms with Crippen LogP contribution in [-0.2, 0) is 17.6 Å². The van der Waals surface area contributed by atoms with E-state index in [1.807, 2.05) is 31.2 Å². The van der Waals surface area contributed by atoms with Crippen LogP contribution in [0.3, 0.4) is 0 Å². The molecule has 10 heteroatoms. The summed E-state index contributed by atoms with van der Waals surface area (Å²) in [4.78, 5) is 21.3. The van der Waals surface area contributed by atoms with Crippen molar-refractivity contribution in [3.05, 3.63) is 59.4 Å². The summed E-state index contributed by atoms with van der Waals surface area (Å²) in [6.07, 6.45) is 11.7. The van der Waals surface area contributed by atoms with Crippen molar-refractivity contribution in [2.24, 2.45) is 11.7 Å². The van der Waals surface area contributed by atoms with Crippen molar-refractivity contribution in [3.8, 4) is 5.75 Å². The Morgan fingerprint density at radius 2 is 1.95 bits per heavy atom. The molecule has 2 aliphatic rings. The molecular formula is C34H49N7O3. The Morgan fingerprint density at radius 1 is 1.14 bits per heavy atom. The van der Waals surface area contributed by atoms with Gasteiger partial charge in [0.1, 0.15) is 17.4 Å². The van der Waals surface area contributed by atoms with Crippen molar-refractivity contribution in [2.45, 2.75) is 83.1 Å². The number of hydrazine groups is 1. The largest absolute Gasteiger partial charge is 0.427 e. The van der Waals surface area contributed by atoms with Crippen LogP contribution in [0.2, 0.25) is 0 Å². The van der Waals surface area contributed by atoms with Gasteiger partial charge >= 0.3 is 6.09 Å². The first kappa shape index (κ1) is 31.9. The first-order valence-electron chi connectivity index (χ1n) is 16.4. The molecule has 2 aromatic carbocycles. The lowest BCUT2D eigenvalue weighted by Gasteiger charge is -2.48. The highest BCUT2D eigenvalue weighted by Gasteiger charge is 2.40. The molecule has 1 aromatic heterocycles. The van der Waals surface area contributed by atoms with Gasteiger partial charge in [-0.2, -0.15) is 0 Å². The van der Waals surface area contributed by atoms with Crippen LogP contribution in [0.5, 0.6) is 5.75 Å². The number of fused-ring (bicyclic) bond motifs is 1. The van der Waals surface area contributed by atoms with E-state index in [4.69, 9.17) is 20.6 Å². The number of aryl methyl sites for hydroxylation is 2. The van der Waals surface area contributed by atoms with E-state index >= 15 is 0 Å². The SMILES string of the molecule is CCOCCCc1nc2ccc(OC(=O)NN3CCNCC3(CCc3ccc(C(=N)N)cc3)CCC3CCCCC3)cc2[nH]1. The predicted molar refractivity (Wildman–Crippen MR) is 174 cm³/mol.